The molecule has 1 aliphatic heterocycles. The molecule has 138 valence electrons. The minimum absolute atomic E-state index is 0.189. The first-order valence-corrected chi connectivity index (χ1v) is 8.52. The molecule has 26 heavy (non-hydrogen) atoms. The Hall–Kier alpha value is -2.60. The van der Waals surface area contributed by atoms with E-state index in [2.05, 4.69) is 4.98 Å². The standard InChI is InChI=1S/C20H23NO5/c1-12-18-15(11-25-20(2,3)26-18)17(19(22)23)16(21-12)10-7-13-5-8-14(24-4)9-6-13/h5-6,8-9H,7,10-11H2,1-4H3,(H,22,23). The van der Waals surface area contributed by atoms with E-state index in [0.29, 0.717) is 35.5 Å². The van der Waals surface area contributed by atoms with Crippen molar-refractivity contribution in [1.29, 1.82) is 0 Å². The Morgan fingerprint density at radius 1 is 1.27 bits per heavy atom. The van der Waals surface area contributed by atoms with E-state index in [0.717, 1.165) is 11.3 Å². The summed E-state index contributed by atoms with van der Waals surface area (Å²) in [7, 11) is 1.62. The summed E-state index contributed by atoms with van der Waals surface area (Å²) in [4.78, 5) is 16.4. The number of ether oxygens (including phenoxy) is 3. The van der Waals surface area contributed by atoms with Crippen molar-refractivity contribution < 1.29 is 24.1 Å². The fraction of sp³-hybridized carbons (Fsp3) is 0.400. The monoisotopic (exact) mass is 357 g/mol. The predicted molar refractivity (Wildman–Crippen MR) is 95.8 cm³/mol. The van der Waals surface area contributed by atoms with E-state index >= 15 is 0 Å². The fourth-order valence-electron chi connectivity index (χ4n) is 3.10. The number of carboxylic acids is 1. The average molecular weight is 357 g/mol. The lowest BCUT2D eigenvalue weighted by atomic mass is 9.98. The maximum absolute atomic E-state index is 11.9. The third-order valence-electron chi connectivity index (χ3n) is 4.43. The minimum Gasteiger partial charge on any atom is -0.497 e. The molecule has 6 nitrogen and oxygen atoms in total. The van der Waals surface area contributed by atoms with Crippen molar-refractivity contribution in [3.05, 3.63) is 52.3 Å². The lowest BCUT2D eigenvalue weighted by molar-refractivity contribution is -0.180. The Morgan fingerprint density at radius 3 is 2.58 bits per heavy atom. The van der Waals surface area contributed by atoms with Gasteiger partial charge >= 0.3 is 5.97 Å². The Kier molecular flexibility index (Phi) is 4.87. The Balaban J connectivity index is 1.91. The van der Waals surface area contributed by atoms with Crippen LogP contribution in [0.25, 0.3) is 0 Å². The zero-order chi connectivity index (χ0) is 18.9. The van der Waals surface area contributed by atoms with Gasteiger partial charge in [0, 0.05) is 19.4 Å². The zero-order valence-electron chi connectivity index (χ0n) is 15.5. The number of nitrogens with zero attached hydrogens (tertiary/aromatic N) is 1. The molecule has 0 radical (unpaired) electrons. The Morgan fingerprint density at radius 2 is 1.96 bits per heavy atom. The molecule has 0 amide bonds. The molecule has 0 bridgehead atoms. The summed E-state index contributed by atoms with van der Waals surface area (Å²) in [6.45, 7) is 5.63. The largest absolute Gasteiger partial charge is 0.497 e. The second kappa shape index (κ2) is 6.96. The van der Waals surface area contributed by atoms with Crippen LogP contribution in [0.4, 0.5) is 0 Å². The number of hydrogen-bond donors (Lipinski definition) is 1. The van der Waals surface area contributed by atoms with Gasteiger partial charge in [-0.25, -0.2) is 4.79 Å². The lowest BCUT2D eigenvalue weighted by Crippen LogP contribution is -2.37. The molecule has 0 fully saturated rings. The van der Waals surface area contributed by atoms with E-state index in [1.165, 1.54) is 0 Å². The van der Waals surface area contributed by atoms with E-state index in [4.69, 9.17) is 14.2 Å². The number of aromatic nitrogens is 1. The zero-order valence-corrected chi connectivity index (χ0v) is 15.5. The van der Waals surface area contributed by atoms with Crippen LogP contribution in [-0.4, -0.2) is 29.0 Å². The molecule has 1 aliphatic rings. The number of carboxylic acid groups (broad SMARTS) is 1. The van der Waals surface area contributed by atoms with Crippen molar-refractivity contribution in [3.8, 4) is 11.5 Å². The van der Waals surface area contributed by atoms with Crippen LogP contribution < -0.4 is 9.47 Å². The average Bonchev–Trinajstić information content (AvgIpc) is 2.60. The van der Waals surface area contributed by atoms with Crippen LogP contribution in [0.15, 0.2) is 24.3 Å². The molecule has 0 atom stereocenters. The van der Waals surface area contributed by atoms with Crippen molar-refractivity contribution in [2.45, 2.75) is 46.0 Å². The van der Waals surface area contributed by atoms with Crippen LogP contribution >= 0.6 is 0 Å². The van der Waals surface area contributed by atoms with E-state index in [1.54, 1.807) is 21.0 Å². The van der Waals surface area contributed by atoms with Crippen LogP contribution in [0, 0.1) is 6.92 Å². The molecule has 2 heterocycles. The second-order valence-electron chi connectivity index (χ2n) is 6.77. The van der Waals surface area contributed by atoms with Crippen molar-refractivity contribution in [3.63, 3.8) is 0 Å². The number of methoxy groups -OCH3 is 1. The quantitative estimate of drug-likeness (QED) is 0.882. The summed E-state index contributed by atoms with van der Waals surface area (Å²) >= 11 is 0. The molecule has 0 aliphatic carbocycles. The van der Waals surface area contributed by atoms with Crippen molar-refractivity contribution >= 4 is 5.97 Å². The molecule has 1 aromatic heterocycles. The summed E-state index contributed by atoms with van der Waals surface area (Å²) in [6, 6.07) is 7.73. The molecule has 6 heteroatoms. The number of fused-ring (bicyclic) bond motifs is 1. The van der Waals surface area contributed by atoms with Crippen LogP contribution in [0.5, 0.6) is 11.5 Å². The molecule has 0 spiro atoms. The second-order valence-corrected chi connectivity index (χ2v) is 6.77. The van der Waals surface area contributed by atoms with Gasteiger partial charge in [0.2, 0.25) is 5.79 Å². The maximum atomic E-state index is 11.9. The van der Waals surface area contributed by atoms with Gasteiger partial charge < -0.3 is 19.3 Å². The summed E-state index contributed by atoms with van der Waals surface area (Å²) in [5.74, 6) is -0.489. The van der Waals surface area contributed by atoms with E-state index in [1.807, 2.05) is 31.2 Å². The molecule has 2 aromatic rings. The molecule has 1 N–H and O–H groups in total. The van der Waals surface area contributed by atoms with Crippen LogP contribution in [0.1, 0.15) is 46.7 Å². The van der Waals surface area contributed by atoms with E-state index in [9.17, 15) is 9.90 Å². The number of carbonyl (C=O) groups is 1. The SMILES string of the molecule is COc1ccc(CCc2nc(C)c3c(c2C(=O)O)COC(C)(C)O3)cc1. The predicted octanol–water partition coefficient (Wildman–Crippen LogP) is 3.53. The number of hydrogen-bond acceptors (Lipinski definition) is 5. The van der Waals surface area contributed by atoms with Gasteiger partial charge in [-0.15, -0.1) is 0 Å². The lowest BCUT2D eigenvalue weighted by Gasteiger charge is -2.34. The Labute approximate surface area is 152 Å². The number of benzene rings is 1. The van der Waals surface area contributed by atoms with Gasteiger partial charge in [0.05, 0.1) is 30.7 Å². The highest BCUT2D eigenvalue weighted by Crippen LogP contribution is 2.36. The first-order chi connectivity index (χ1) is 12.3. The van der Waals surface area contributed by atoms with E-state index in [-0.39, 0.29) is 12.2 Å². The summed E-state index contributed by atoms with van der Waals surface area (Å²) < 4.78 is 16.6. The third-order valence-corrected chi connectivity index (χ3v) is 4.43. The number of rotatable bonds is 5. The van der Waals surface area contributed by atoms with Crippen molar-refractivity contribution in [2.75, 3.05) is 7.11 Å². The summed E-state index contributed by atoms with van der Waals surface area (Å²) in [5.41, 5.74) is 3.08. The molecule has 3 rings (SSSR count). The molecule has 1 aromatic carbocycles. The van der Waals surface area contributed by atoms with Gasteiger partial charge in [0.1, 0.15) is 5.75 Å². The Bertz CT molecular complexity index is 827. The molecule has 0 saturated carbocycles. The number of pyridine rings is 1. The van der Waals surface area contributed by atoms with E-state index < -0.39 is 11.8 Å². The van der Waals surface area contributed by atoms with Crippen molar-refractivity contribution in [1.82, 2.24) is 4.98 Å². The highest BCUT2D eigenvalue weighted by Gasteiger charge is 2.33. The van der Waals surface area contributed by atoms with Gasteiger partial charge in [-0.05, 0) is 37.5 Å². The number of aryl methyl sites for hydroxylation is 3. The van der Waals surface area contributed by atoms with Crippen LogP contribution in [0.2, 0.25) is 0 Å². The van der Waals surface area contributed by atoms with Gasteiger partial charge in [-0.2, -0.15) is 0 Å². The fourth-order valence-corrected chi connectivity index (χ4v) is 3.10. The molecular formula is C20H23NO5. The summed E-state index contributed by atoms with van der Waals surface area (Å²) in [6.07, 6.45) is 1.20. The highest BCUT2D eigenvalue weighted by molar-refractivity contribution is 5.91. The number of aromatic carboxylic acids is 1. The summed E-state index contributed by atoms with van der Waals surface area (Å²) in [5, 5.41) is 9.74. The van der Waals surface area contributed by atoms with Gasteiger partial charge in [-0.1, -0.05) is 12.1 Å². The third kappa shape index (κ3) is 3.65. The van der Waals surface area contributed by atoms with Crippen LogP contribution in [0.3, 0.4) is 0 Å². The van der Waals surface area contributed by atoms with Crippen molar-refractivity contribution in [2.24, 2.45) is 0 Å². The minimum atomic E-state index is -1.01. The van der Waals surface area contributed by atoms with Crippen LogP contribution in [-0.2, 0) is 24.2 Å². The maximum Gasteiger partial charge on any atom is 0.338 e. The van der Waals surface area contributed by atoms with Gasteiger partial charge in [0.15, 0.2) is 5.75 Å². The van der Waals surface area contributed by atoms with Gasteiger partial charge in [-0.3, -0.25) is 4.98 Å². The highest BCUT2D eigenvalue weighted by atomic mass is 16.7. The van der Waals surface area contributed by atoms with Gasteiger partial charge in [0.25, 0.3) is 0 Å². The normalized spacial score (nSPS) is 15.1. The molecule has 0 saturated heterocycles. The first kappa shape index (κ1) is 18.2. The smallest absolute Gasteiger partial charge is 0.338 e. The molecular weight excluding hydrogens is 334 g/mol. The first-order valence-electron chi connectivity index (χ1n) is 8.52. The molecule has 0 unspecified atom stereocenters. The topological polar surface area (TPSA) is 77.9 Å².